The molecule has 0 fully saturated rings. The van der Waals surface area contributed by atoms with Crippen LogP contribution in [0.2, 0.25) is 0 Å². The van der Waals surface area contributed by atoms with Gasteiger partial charge in [0.15, 0.2) is 0 Å². The quantitative estimate of drug-likeness (QED) is 0.277. The second kappa shape index (κ2) is 9.97. The van der Waals surface area contributed by atoms with Gasteiger partial charge in [-0.2, -0.15) is 5.06 Å². The molecular formula is C8H22BNO6. The summed E-state index contributed by atoms with van der Waals surface area (Å²) in [6, 6.07) is 0. The highest BCUT2D eigenvalue weighted by Gasteiger charge is 2.15. The molecule has 0 heterocycles. The molecule has 0 rings (SSSR count). The number of hydrogen-bond donors (Lipinski definition) is 5. The van der Waals surface area contributed by atoms with Crippen LogP contribution in [0.25, 0.3) is 0 Å². The van der Waals surface area contributed by atoms with E-state index in [0.29, 0.717) is 13.1 Å². The Kier molecular flexibility index (Phi) is 11.3. The molecule has 7 nitrogen and oxygen atoms in total. The van der Waals surface area contributed by atoms with Crippen LogP contribution in [0, 0.1) is 0 Å². The Morgan fingerprint density at radius 1 is 1.00 bits per heavy atom. The molecule has 5 N–H and O–H groups in total. The summed E-state index contributed by atoms with van der Waals surface area (Å²) >= 11 is 0. The lowest BCUT2D eigenvalue weighted by atomic mass is 10.2. The van der Waals surface area contributed by atoms with Crippen molar-refractivity contribution >= 4 is 7.32 Å². The molecule has 0 amide bonds. The van der Waals surface area contributed by atoms with E-state index in [-0.39, 0.29) is 18.8 Å². The number of rotatable bonds is 5. The summed E-state index contributed by atoms with van der Waals surface area (Å²) in [5.41, 5.74) is -0.273. The molecule has 16 heavy (non-hydrogen) atoms. The number of hydrogen-bond acceptors (Lipinski definition) is 7. The van der Waals surface area contributed by atoms with Crippen LogP contribution in [-0.2, 0) is 4.84 Å². The van der Waals surface area contributed by atoms with Crippen molar-refractivity contribution in [1.82, 2.24) is 5.06 Å². The minimum Gasteiger partial charge on any atom is -0.402 e. The van der Waals surface area contributed by atoms with Crippen molar-refractivity contribution in [3.63, 3.8) is 0 Å². The molecule has 0 unspecified atom stereocenters. The molecule has 0 aliphatic carbocycles. The van der Waals surface area contributed by atoms with E-state index in [4.69, 9.17) is 30.1 Å². The van der Waals surface area contributed by atoms with E-state index in [9.17, 15) is 0 Å². The van der Waals surface area contributed by atoms with Crippen molar-refractivity contribution in [1.29, 1.82) is 0 Å². The van der Waals surface area contributed by atoms with Crippen LogP contribution < -0.4 is 0 Å². The van der Waals surface area contributed by atoms with Crippen LogP contribution >= 0.6 is 0 Å². The molecule has 8 heteroatoms. The zero-order valence-electron chi connectivity index (χ0n) is 10.00. The zero-order valence-corrected chi connectivity index (χ0v) is 10.00. The molecule has 0 aromatic heterocycles. The fourth-order valence-corrected chi connectivity index (χ4v) is 0.813. The molecule has 0 aliphatic heterocycles. The van der Waals surface area contributed by atoms with Gasteiger partial charge < -0.3 is 25.3 Å². The summed E-state index contributed by atoms with van der Waals surface area (Å²) in [4.78, 5) is 5.43. The van der Waals surface area contributed by atoms with E-state index in [0.717, 1.165) is 0 Å². The Labute approximate surface area is 96.0 Å². The predicted octanol–water partition coefficient (Wildman–Crippen LogP) is -2.05. The zero-order chi connectivity index (χ0) is 13.2. The Morgan fingerprint density at radius 2 is 1.31 bits per heavy atom. The summed E-state index contributed by atoms with van der Waals surface area (Å²) in [6.45, 7) is 6.71. The first-order chi connectivity index (χ1) is 7.22. The van der Waals surface area contributed by atoms with Gasteiger partial charge in [0.1, 0.15) is 0 Å². The van der Waals surface area contributed by atoms with E-state index in [2.05, 4.69) is 0 Å². The molecule has 0 saturated carbocycles. The molecule has 0 radical (unpaired) electrons. The maximum Gasteiger partial charge on any atom is 0.631 e. The van der Waals surface area contributed by atoms with Crippen LogP contribution in [0.3, 0.4) is 0 Å². The highest BCUT2D eigenvalue weighted by atomic mass is 16.7. The third-order valence-electron chi connectivity index (χ3n) is 1.10. The molecule has 0 atom stereocenters. The van der Waals surface area contributed by atoms with Crippen molar-refractivity contribution < 1.29 is 30.1 Å². The van der Waals surface area contributed by atoms with Gasteiger partial charge in [-0.25, -0.2) is 0 Å². The third-order valence-corrected chi connectivity index (χ3v) is 1.10. The van der Waals surface area contributed by atoms with Gasteiger partial charge in [0, 0.05) is 13.1 Å². The first-order valence-electron chi connectivity index (χ1n) is 4.93. The van der Waals surface area contributed by atoms with Crippen LogP contribution in [0.5, 0.6) is 0 Å². The summed E-state index contributed by atoms with van der Waals surface area (Å²) < 4.78 is 0. The smallest absolute Gasteiger partial charge is 0.402 e. The number of aliphatic hydroxyl groups excluding tert-OH is 2. The van der Waals surface area contributed by atoms with Gasteiger partial charge in [-0.05, 0) is 20.8 Å². The maximum atomic E-state index is 8.66. The first-order valence-corrected chi connectivity index (χ1v) is 4.93. The molecule has 0 aliphatic rings. The van der Waals surface area contributed by atoms with Crippen molar-refractivity contribution in [2.45, 2.75) is 26.4 Å². The normalized spacial score (nSPS) is 11.1. The van der Waals surface area contributed by atoms with Gasteiger partial charge in [-0.1, -0.05) is 0 Å². The highest BCUT2D eigenvalue weighted by Crippen LogP contribution is 2.09. The average molecular weight is 239 g/mol. The van der Waals surface area contributed by atoms with E-state index >= 15 is 0 Å². The van der Waals surface area contributed by atoms with Gasteiger partial charge >= 0.3 is 7.32 Å². The largest absolute Gasteiger partial charge is 0.631 e. The van der Waals surface area contributed by atoms with Crippen LogP contribution in [-0.4, -0.2) is 69.6 Å². The second-order valence-corrected chi connectivity index (χ2v) is 3.93. The minimum atomic E-state index is -2.17. The first kappa shape index (κ1) is 18.2. The lowest BCUT2D eigenvalue weighted by Gasteiger charge is -2.28. The fraction of sp³-hybridized carbons (Fsp3) is 1.00. The van der Waals surface area contributed by atoms with E-state index in [1.165, 1.54) is 0 Å². The number of hydroxylamine groups is 2. The van der Waals surface area contributed by atoms with E-state index in [1.54, 1.807) is 5.06 Å². The SMILES string of the molecule is CC(C)(C)ON(CCO)CCO.OB(O)O. The van der Waals surface area contributed by atoms with Crippen LogP contribution in [0.1, 0.15) is 20.8 Å². The number of aliphatic hydroxyl groups is 2. The minimum absolute atomic E-state index is 0.0378. The average Bonchev–Trinajstić information content (AvgIpc) is 2.00. The van der Waals surface area contributed by atoms with Crippen LogP contribution in [0.15, 0.2) is 0 Å². The van der Waals surface area contributed by atoms with Gasteiger partial charge in [-0.3, -0.25) is 4.84 Å². The lowest BCUT2D eigenvalue weighted by molar-refractivity contribution is -0.234. The standard InChI is InChI=1S/C8H19NO3.BH3O3/c1-8(2,3)12-9(4-6-10)5-7-11;2-1(3)4/h10-11H,4-7H2,1-3H3;2-4H. The van der Waals surface area contributed by atoms with Crippen molar-refractivity contribution in [2.75, 3.05) is 26.3 Å². The summed E-state index contributed by atoms with van der Waals surface area (Å²) in [5.74, 6) is 0. The summed E-state index contributed by atoms with van der Waals surface area (Å²) in [6.07, 6.45) is 0. The summed E-state index contributed by atoms with van der Waals surface area (Å²) in [7, 11) is -2.17. The molecule has 98 valence electrons. The second-order valence-electron chi connectivity index (χ2n) is 3.93. The molecular weight excluding hydrogens is 217 g/mol. The topological polar surface area (TPSA) is 114 Å². The Morgan fingerprint density at radius 3 is 1.50 bits per heavy atom. The maximum absolute atomic E-state index is 8.66. The van der Waals surface area contributed by atoms with Crippen molar-refractivity contribution in [2.24, 2.45) is 0 Å². The van der Waals surface area contributed by atoms with Crippen molar-refractivity contribution in [3.05, 3.63) is 0 Å². The number of nitrogens with zero attached hydrogens (tertiary/aromatic N) is 1. The summed E-state index contributed by atoms with van der Waals surface area (Å²) in [5, 5.41) is 40.4. The fourth-order valence-electron chi connectivity index (χ4n) is 0.813. The van der Waals surface area contributed by atoms with Gasteiger partial charge in [0.25, 0.3) is 0 Å². The van der Waals surface area contributed by atoms with Gasteiger partial charge in [0.2, 0.25) is 0 Å². The van der Waals surface area contributed by atoms with Gasteiger partial charge in [0.05, 0.1) is 18.8 Å². The Balaban J connectivity index is 0. The monoisotopic (exact) mass is 239 g/mol. The van der Waals surface area contributed by atoms with Gasteiger partial charge in [-0.15, -0.1) is 0 Å². The molecule has 0 spiro atoms. The molecule has 0 aromatic carbocycles. The Bertz CT molecular complexity index is 143. The predicted molar refractivity (Wildman–Crippen MR) is 59.0 cm³/mol. The van der Waals surface area contributed by atoms with E-state index < -0.39 is 7.32 Å². The molecule has 0 bridgehead atoms. The van der Waals surface area contributed by atoms with Crippen LogP contribution in [0.4, 0.5) is 0 Å². The third kappa shape index (κ3) is 19.4. The van der Waals surface area contributed by atoms with Crippen molar-refractivity contribution in [3.8, 4) is 0 Å². The van der Waals surface area contributed by atoms with E-state index in [1.807, 2.05) is 20.8 Å². The Hall–Kier alpha value is -0.215. The molecule has 0 saturated heterocycles. The molecule has 0 aromatic rings. The lowest BCUT2D eigenvalue weighted by Crippen LogP contribution is -2.37. The highest BCUT2D eigenvalue weighted by molar-refractivity contribution is 6.30.